The Kier molecular flexibility index (Phi) is 5.58. The van der Waals surface area contributed by atoms with Gasteiger partial charge in [-0.3, -0.25) is 4.98 Å². The Morgan fingerprint density at radius 1 is 0.964 bits per heavy atom. The Bertz CT molecular complexity index is 945. The van der Waals surface area contributed by atoms with E-state index in [1.165, 1.54) is 25.3 Å². The Morgan fingerprint density at radius 2 is 1.75 bits per heavy atom. The number of nitrogens with zero attached hydrogens (tertiary/aromatic N) is 3. The van der Waals surface area contributed by atoms with Gasteiger partial charge in [-0.05, 0) is 37.1 Å². The van der Waals surface area contributed by atoms with E-state index in [0.717, 1.165) is 24.1 Å². The van der Waals surface area contributed by atoms with Crippen molar-refractivity contribution in [3.05, 3.63) is 53.8 Å². The van der Waals surface area contributed by atoms with Crippen LogP contribution in [0.2, 0.25) is 5.02 Å². The third-order valence-corrected chi connectivity index (χ3v) is 5.17. The van der Waals surface area contributed by atoms with E-state index in [9.17, 15) is 5.11 Å². The van der Waals surface area contributed by atoms with Crippen LogP contribution in [0.3, 0.4) is 0 Å². The summed E-state index contributed by atoms with van der Waals surface area (Å²) in [6, 6.07) is 10.9. The predicted octanol–water partition coefficient (Wildman–Crippen LogP) is 5.39. The fourth-order valence-corrected chi connectivity index (χ4v) is 3.64. The molecule has 1 fully saturated rings. The van der Waals surface area contributed by atoms with Crippen LogP contribution in [0.4, 0.5) is 17.5 Å². The predicted molar refractivity (Wildman–Crippen MR) is 112 cm³/mol. The largest absolute Gasteiger partial charge is 0.508 e. The fraction of sp³-hybridized carbons (Fsp3) is 0.286. The number of hydrogen-bond donors (Lipinski definition) is 3. The normalized spacial score (nSPS) is 14.6. The second-order valence-corrected chi connectivity index (χ2v) is 7.37. The summed E-state index contributed by atoms with van der Waals surface area (Å²) < 4.78 is 0. The summed E-state index contributed by atoms with van der Waals surface area (Å²) in [6.45, 7) is 0. The van der Waals surface area contributed by atoms with Gasteiger partial charge in [0.15, 0.2) is 0 Å². The molecule has 2 heterocycles. The summed E-state index contributed by atoms with van der Waals surface area (Å²) >= 11 is 6.24. The standard InChI is InChI=1S/C21H22ClN5O/c22-17-12-16(28)6-7-18(17)25-20-13-19(14-8-10-23-11-9-14)26-21(27-20)24-15-4-2-1-3-5-15/h6-13,15,28H,1-5H2,(H2,24,25,26,27). The van der Waals surface area contributed by atoms with Crippen LogP contribution in [0.5, 0.6) is 5.75 Å². The van der Waals surface area contributed by atoms with Gasteiger partial charge < -0.3 is 15.7 Å². The van der Waals surface area contributed by atoms with E-state index in [2.05, 4.69) is 20.6 Å². The van der Waals surface area contributed by atoms with Crippen molar-refractivity contribution < 1.29 is 5.11 Å². The summed E-state index contributed by atoms with van der Waals surface area (Å²) in [5.74, 6) is 1.35. The van der Waals surface area contributed by atoms with E-state index in [-0.39, 0.29) is 5.75 Å². The number of phenolic OH excluding ortho intramolecular Hbond substituents is 1. The van der Waals surface area contributed by atoms with Crippen molar-refractivity contribution in [3.8, 4) is 17.0 Å². The summed E-state index contributed by atoms with van der Waals surface area (Å²) in [5.41, 5.74) is 2.43. The zero-order valence-electron chi connectivity index (χ0n) is 15.4. The Morgan fingerprint density at radius 3 is 2.50 bits per heavy atom. The highest BCUT2D eigenvalue weighted by molar-refractivity contribution is 6.33. The number of benzene rings is 1. The third kappa shape index (κ3) is 4.51. The number of aromatic nitrogens is 3. The molecule has 3 aromatic rings. The second kappa shape index (κ2) is 8.44. The van der Waals surface area contributed by atoms with E-state index in [1.807, 2.05) is 18.2 Å². The minimum absolute atomic E-state index is 0.121. The van der Waals surface area contributed by atoms with Gasteiger partial charge in [0.25, 0.3) is 0 Å². The molecule has 3 N–H and O–H groups in total. The van der Waals surface area contributed by atoms with Gasteiger partial charge in [0.1, 0.15) is 11.6 Å². The summed E-state index contributed by atoms with van der Waals surface area (Å²) in [5, 5.41) is 16.7. The van der Waals surface area contributed by atoms with Crippen molar-refractivity contribution in [3.63, 3.8) is 0 Å². The zero-order chi connectivity index (χ0) is 19.3. The van der Waals surface area contributed by atoms with E-state index >= 15 is 0 Å². The van der Waals surface area contributed by atoms with Crippen LogP contribution in [0.25, 0.3) is 11.3 Å². The molecule has 0 saturated heterocycles. The molecule has 0 atom stereocenters. The van der Waals surface area contributed by atoms with E-state index < -0.39 is 0 Å². The summed E-state index contributed by atoms with van der Waals surface area (Å²) in [4.78, 5) is 13.4. The van der Waals surface area contributed by atoms with Gasteiger partial charge in [-0.25, -0.2) is 4.98 Å². The molecule has 144 valence electrons. The fourth-order valence-electron chi connectivity index (χ4n) is 3.42. The maximum Gasteiger partial charge on any atom is 0.225 e. The average Bonchev–Trinajstić information content (AvgIpc) is 2.71. The number of anilines is 3. The molecule has 28 heavy (non-hydrogen) atoms. The van der Waals surface area contributed by atoms with Crippen molar-refractivity contribution in [2.24, 2.45) is 0 Å². The number of pyridine rings is 1. The van der Waals surface area contributed by atoms with Crippen LogP contribution < -0.4 is 10.6 Å². The van der Waals surface area contributed by atoms with Crippen LogP contribution in [0.15, 0.2) is 48.8 Å². The molecule has 1 aromatic carbocycles. The SMILES string of the molecule is Oc1ccc(Nc2cc(-c3ccncc3)nc(NC3CCCCC3)n2)c(Cl)c1. The lowest BCUT2D eigenvalue weighted by atomic mass is 9.96. The molecule has 0 spiro atoms. The molecule has 0 amide bonds. The number of halogens is 1. The van der Waals surface area contributed by atoms with Crippen LogP contribution in [0, 0.1) is 0 Å². The molecule has 0 unspecified atom stereocenters. The van der Waals surface area contributed by atoms with E-state index in [4.69, 9.17) is 16.6 Å². The first-order chi connectivity index (χ1) is 13.7. The highest BCUT2D eigenvalue weighted by Crippen LogP contribution is 2.30. The molecule has 0 bridgehead atoms. The number of phenols is 1. The Hall–Kier alpha value is -2.86. The van der Waals surface area contributed by atoms with Gasteiger partial charge in [-0.1, -0.05) is 30.9 Å². The quantitative estimate of drug-likeness (QED) is 0.502. The van der Waals surface area contributed by atoms with Crippen molar-refractivity contribution >= 4 is 29.1 Å². The minimum Gasteiger partial charge on any atom is -0.508 e. The first-order valence-electron chi connectivity index (χ1n) is 9.49. The van der Waals surface area contributed by atoms with E-state index in [0.29, 0.717) is 28.5 Å². The molecular weight excluding hydrogens is 374 g/mol. The monoisotopic (exact) mass is 395 g/mol. The minimum atomic E-state index is 0.121. The van der Waals surface area contributed by atoms with Gasteiger partial charge in [-0.2, -0.15) is 4.98 Å². The van der Waals surface area contributed by atoms with Gasteiger partial charge in [-0.15, -0.1) is 0 Å². The average molecular weight is 396 g/mol. The lowest BCUT2D eigenvalue weighted by Gasteiger charge is -2.23. The lowest BCUT2D eigenvalue weighted by molar-refractivity contribution is 0.461. The lowest BCUT2D eigenvalue weighted by Crippen LogP contribution is -2.23. The van der Waals surface area contributed by atoms with Crippen molar-refractivity contribution in [1.82, 2.24) is 15.0 Å². The maximum absolute atomic E-state index is 9.57. The van der Waals surface area contributed by atoms with E-state index in [1.54, 1.807) is 24.5 Å². The van der Waals surface area contributed by atoms with Gasteiger partial charge in [0.2, 0.25) is 5.95 Å². The molecule has 4 rings (SSSR count). The van der Waals surface area contributed by atoms with Crippen molar-refractivity contribution in [2.45, 2.75) is 38.1 Å². The van der Waals surface area contributed by atoms with Gasteiger partial charge in [0, 0.05) is 36.1 Å². The molecule has 1 aliphatic carbocycles. The molecule has 0 radical (unpaired) electrons. The smallest absolute Gasteiger partial charge is 0.225 e. The molecule has 7 heteroatoms. The molecule has 6 nitrogen and oxygen atoms in total. The molecule has 1 saturated carbocycles. The first-order valence-corrected chi connectivity index (χ1v) is 9.87. The molecule has 2 aromatic heterocycles. The zero-order valence-corrected chi connectivity index (χ0v) is 16.2. The number of hydrogen-bond acceptors (Lipinski definition) is 6. The van der Waals surface area contributed by atoms with Gasteiger partial charge >= 0.3 is 0 Å². The van der Waals surface area contributed by atoms with Crippen molar-refractivity contribution in [1.29, 1.82) is 0 Å². The second-order valence-electron chi connectivity index (χ2n) is 6.97. The van der Waals surface area contributed by atoms with Gasteiger partial charge in [0.05, 0.1) is 16.4 Å². The number of nitrogens with one attached hydrogen (secondary N) is 2. The van der Waals surface area contributed by atoms with Crippen LogP contribution in [0.1, 0.15) is 32.1 Å². The van der Waals surface area contributed by atoms with Crippen LogP contribution in [-0.4, -0.2) is 26.1 Å². The highest BCUT2D eigenvalue weighted by atomic mass is 35.5. The summed E-state index contributed by atoms with van der Waals surface area (Å²) in [6.07, 6.45) is 9.52. The molecular formula is C21H22ClN5O. The Labute approximate surface area is 169 Å². The third-order valence-electron chi connectivity index (χ3n) is 4.86. The first kappa shape index (κ1) is 18.5. The molecule has 0 aliphatic heterocycles. The number of aromatic hydroxyl groups is 1. The van der Waals surface area contributed by atoms with Crippen molar-refractivity contribution in [2.75, 3.05) is 10.6 Å². The number of rotatable bonds is 5. The van der Waals surface area contributed by atoms with Crippen LogP contribution >= 0.6 is 11.6 Å². The van der Waals surface area contributed by atoms with Crippen LogP contribution in [-0.2, 0) is 0 Å². The summed E-state index contributed by atoms with van der Waals surface area (Å²) in [7, 11) is 0. The molecule has 1 aliphatic rings. The Balaban J connectivity index is 1.66. The highest BCUT2D eigenvalue weighted by Gasteiger charge is 2.16. The maximum atomic E-state index is 9.57. The topological polar surface area (TPSA) is 83.0 Å².